The van der Waals surface area contributed by atoms with Crippen molar-refractivity contribution in [2.24, 2.45) is 5.73 Å². The first-order valence-corrected chi connectivity index (χ1v) is 9.50. The van der Waals surface area contributed by atoms with Gasteiger partial charge in [-0.05, 0) is 37.0 Å². The Morgan fingerprint density at radius 3 is 2.58 bits per heavy atom. The topological polar surface area (TPSA) is 92.5 Å². The van der Waals surface area contributed by atoms with E-state index in [1.165, 1.54) is 6.92 Å². The first kappa shape index (κ1) is 19.2. The lowest BCUT2D eigenvalue weighted by atomic mass is 10.0. The van der Waals surface area contributed by atoms with Crippen LogP contribution in [-0.2, 0) is 21.2 Å². The molecule has 1 fully saturated rings. The van der Waals surface area contributed by atoms with Crippen molar-refractivity contribution in [3.8, 4) is 0 Å². The first-order valence-electron chi connectivity index (χ1n) is 8.02. The minimum Gasteiger partial charge on any atom is -0.329 e. The molecule has 1 aliphatic heterocycles. The summed E-state index contributed by atoms with van der Waals surface area (Å²) in [6, 6.07) is 5.02. The van der Waals surface area contributed by atoms with Crippen molar-refractivity contribution in [2.45, 2.75) is 49.5 Å². The van der Waals surface area contributed by atoms with E-state index in [0.29, 0.717) is 18.8 Å². The molecule has 0 spiro atoms. The molecule has 8 heteroatoms. The second-order valence-electron chi connectivity index (χ2n) is 6.51. The third kappa shape index (κ3) is 3.44. The quantitative estimate of drug-likeness (QED) is 0.837. The van der Waals surface area contributed by atoms with Gasteiger partial charge in [0.25, 0.3) is 0 Å². The zero-order valence-corrected chi connectivity index (χ0v) is 15.4. The van der Waals surface area contributed by atoms with Gasteiger partial charge in [-0.2, -0.15) is 0 Å². The van der Waals surface area contributed by atoms with Crippen molar-refractivity contribution in [1.29, 1.82) is 0 Å². The molecule has 0 saturated heterocycles. The molecule has 1 aromatic carbocycles. The number of nitrogens with two attached hydrogens (primary N) is 1. The smallest absolute Gasteiger partial charge is 0.241 e. The molecule has 0 bridgehead atoms. The maximum atomic E-state index is 12.8. The summed E-state index contributed by atoms with van der Waals surface area (Å²) in [5, 5.41) is 0. The summed E-state index contributed by atoms with van der Waals surface area (Å²) in [5.74, 6) is -0.0690. The van der Waals surface area contributed by atoms with Gasteiger partial charge in [0.2, 0.25) is 15.9 Å². The molecule has 24 heavy (non-hydrogen) atoms. The number of hydrogen-bond acceptors (Lipinski definition) is 4. The number of hydrogen-bond donors (Lipinski definition) is 2. The summed E-state index contributed by atoms with van der Waals surface area (Å²) in [5.41, 5.74) is 7.01. The molecule has 3 N–H and O–H groups in total. The number of nitrogens with one attached hydrogen (secondary N) is 1. The van der Waals surface area contributed by atoms with Gasteiger partial charge >= 0.3 is 0 Å². The van der Waals surface area contributed by atoms with Crippen molar-refractivity contribution >= 4 is 34.0 Å². The van der Waals surface area contributed by atoms with E-state index in [9.17, 15) is 13.2 Å². The summed E-state index contributed by atoms with van der Waals surface area (Å²) in [7, 11) is -3.65. The van der Waals surface area contributed by atoms with Crippen molar-refractivity contribution in [2.75, 3.05) is 18.0 Å². The molecule has 0 atom stereocenters. The van der Waals surface area contributed by atoms with Crippen LogP contribution < -0.4 is 15.4 Å². The predicted octanol–water partition coefficient (Wildman–Crippen LogP) is 1.57. The fraction of sp³-hybridized carbons (Fsp3) is 0.562. The number of nitrogens with zero attached hydrogens (tertiary/aromatic N) is 1. The Hall–Kier alpha value is -1.15. The third-order valence-electron chi connectivity index (χ3n) is 4.94. The monoisotopic (exact) mass is 373 g/mol. The fourth-order valence-electron chi connectivity index (χ4n) is 3.60. The van der Waals surface area contributed by atoms with Crippen molar-refractivity contribution in [3.05, 3.63) is 23.8 Å². The summed E-state index contributed by atoms with van der Waals surface area (Å²) in [6.45, 7) is 2.40. The lowest BCUT2D eigenvalue weighted by Gasteiger charge is -2.28. The van der Waals surface area contributed by atoms with Crippen LogP contribution in [0.3, 0.4) is 0 Å². The second kappa shape index (κ2) is 7.00. The molecule has 0 radical (unpaired) electrons. The number of fused-ring (bicyclic) bond motifs is 1. The lowest BCUT2D eigenvalue weighted by molar-refractivity contribution is -0.116. The molecule has 1 aromatic rings. The molecule has 1 aliphatic carbocycles. The molecule has 6 nitrogen and oxygen atoms in total. The van der Waals surface area contributed by atoms with Crippen LogP contribution in [0.5, 0.6) is 0 Å². The zero-order chi connectivity index (χ0) is 16.7. The highest BCUT2D eigenvalue weighted by molar-refractivity contribution is 7.89. The van der Waals surface area contributed by atoms with Crippen LogP contribution in [0.15, 0.2) is 23.1 Å². The number of amides is 1. The normalized spacial score (nSPS) is 19.0. The number of rotatable bonds is 4. The predicted molar refractivity (Wildman–Crippen MR) is 96.0 cm³/mol. The Kier molecular flexibility index (Phi) is 5.59. The summed E-state index contributed by atoms with van der Waals surface area (Å²) in [4.78, 5) is 13.5. The molecule has 0 unspecified atom stereocenters. The maximum absolute atomic E-state index is 12.8. The molecule has 0 aromatic heterocycles. The van der Waals surface area contributed by atoms with Gasteiger partial charge in [0.1, 0.15) is 0 Å². The van der Waals surface area contributed by atoms with Crippen LogP contribution >= 0.6 is 12.4 Å². The summed E-state index contributed by atoms with van der Waals surface area (Å²) in [6.07, 6.45) is 4.28. The van der Waals surface area contributed by atoms with E-state index >= 15 is 0 Å². The highest BCUT2D eigenvalue weighted by Gasteiger charge is 2.37. The first-order chi connectivity index (χ1) is 10.9. The van der Waals surface area contributed by atoms with E-state index in [4.69, 9.17) is 5.73 Å². The van der Waals surface area contributed by atoms with Crippen LogP contribution in [0.25, 0.3) is 0 Å². The van der Waals surface area contributed by atoms with Gasteiger partial charge < -0.3 is 10.6 Å². The fourth-order valence-corrected chi connectivity index (χ4v) is 5.09. The minimum atomic E-state index is -3.65. The average molecular weight is 374 g/mol. The van der Waals surface area contributed by atoms with E-state index in [0.717, 1.165) is 37.7 Å². The molecule has 1 heterocycles. The van der Waals surface area contributed by atoms with Gasteiger partial charge in [0, 0.05) is 31.2 Å². The molecule has 2 aliphatic rings. The second-order valence-corrected chi connectivity index (χ2v) is 8.19. The molecule has 1 amide bonds. The maximum Gasteiger partial charge on any atom is 0.241 e. The highest BCUT2D eigenvalue weighted by Crippen LogP contribution is 2.33. The molecular weight excluding hydrogens is 350 g/mol. The Labute approximate surface area is 149 Å². The van der Waals surface area contributed by atoms with E-state index < -0.39 is 15.6 Å². The average Bonchev–Trinajstić information content (AvgIpc) is 3.13. The lowest BCUT2D eigenvalue weighted by Crippen LogP contribution is -2.51. The van der Waals surface area contributed by atoms with E-state index in [2.05, 4.69) is 4.72 Å². The van der Waals surface area contributed by atoms with Gasteiger partial charge in [-0.3, -0.25) is 4.79 Å². The van der Waals surface area contributed by atoms with Crippen molar-refractivity contribution < 1.29 is 13.2 Å². The zero-order valence-electron chi connectivity index (χ0n) is 13.7. The SMILES string of the molecule is CC(=O)N1CCc2ccc(S(=O)(=O)NC3(CN)CCCC3)cc21.Cl. The largest absolute Gasteiger partial charge is 0.329 e. The number of benzene rings is 1. The number of halogens is 1. The molecule has 3 rings (SSSR count). The molecular formula is C16H24ClN3O3S. The molecule has 1 saturated carbocycles. The minimum absolute atomic E-state index is 0. The van der Waals surface area contributed by atoms with Gasteiger partial charge in [0.15, 0.2) is 0 Å². The number of carbonyl (C=O) groups is 1. The summed E-state index contributed by atoms with van der Waals surface area (Å²) < 4.78 is 28.3. The Balaban J connectivity index is 0.00000208. The number of carbonyl (C=O) groups excluding carboxylic acids is 1. The summed E-state index contributed by atoms with van der Waals surface area (Å²) >= 11 is 0. The highest BCUT2D eigenvalue weighted by atomic mass is 35.5. The van der Waals surface area contributed by atoms with Gasteiger partial charge in [0.05, 0.1) is 4.90 Å². The number of anilines is 1. The van der Waals surface area contributed by atoms with E-state index in [1.807, 2.05) is 0 Å². The number of sulfonamides is 1. The van der Waals surface area contributed by atoms with Gasteiger partial charge in [-0.25, -0.2) is 13.1 Å². The van der Waals surface area contributed by atoms with E-state index in [1.54, 1.807) is 23.1 Å². The van der Waals surface area contributed by atoms with Crippen LogP contribution in [0.4, 0.5) is 5.69 Å². The van der Waals surface area contributed by atoms with E-state index in [-0.39, 0.29) is 23.2 Å². The van der Waals surface area contributed by atoms with Crippen molar-refractivity contribution in [3.63, 3.8) is 0 Å². The van der Waals surface area contributed by atoms with Crippen molar-refractivity contribution in [1.82, 2.24) is 4.72 Å². The Morgan fingerprint density at radius 1 is 1.33 bits per heavy atom. The van der Waals surface area contributed by atoms with Crippen LogP contribution in [0, 0.1) is 0 Å². The molecule has 134 valence electrons. The van der Waals surface area contributed by atoms with Crippen LogP contribution in [-0.4, -0.2) is 33.0 Å². The van der Waals surface area contributed by atoms with Crippen LogP contribution in [0.2, 0.25) is 0 Å². The van der Waals surface area contributed by atoms with Crippen LogP contribution in [0.1, 0.15) is 38.2 Å². The Bertz CT molecular complexity index is 730. The standard InChI is InChI=1S/C16H23N3O3S.ClH/c1-12(20)19-9-6-13-4-5-14(10-15(13)19)23(21,22)18-16(11-17)7-2-3-8-16;/h4-5,10,18H,2-3,6-9,11,17H2,1H3;1H. The van der Waals surface area contributed by atoms with Gasteiger partial charge in [-0.1, -0.05) is 18.9 Å². The Morgan fingerprint density at radius 2 is 2.00 bits per heavy atom. The van der Waals surface area contributed by atoms with Gasteiger partial charge in [-0.15, -0.1) is 12.4 Å². The third-order valence-corrected chi connectivity index (χ3v) is 6.52.